The van der Waals surface area contributed by atoms with Gasteiger partial charge in [-0.3, -0.25) is 4.79 Å². The number of ether oxygens (including phenoxy) is 1. The number of amides is 1. The number of carbonyl (C=O) groups excluding carboxylic acids is 1. The Hall–Kier alpha value is -3.18. The van der Waals surface area contributed by atoms with Crippen molar-refractivity contribution in [3.63, 3.8) is 0 Å². The first-order chi connectivity index (χ1) is 16.3. The molecule has 1 aliphatic heterocycles. The molecule has 0 atom stereocenters. The van der Waals surface area contributed by atoms with Crippen LogP contribution in [0.5, 0.6) is 0 Å². The van der Waals surface area contributed by atoms with E-state index in [1.807, 2.05) is 12.1 Å². The first kappa shape index (κ1) is 22.6. The Morgan fingerprint density at radius 2 is 1.94 bits per heavy atom. The van der Waals surface area contributed by atoms with Crippen LogP contribution < -0.4 is 9.62 Å². The fourth-order valence-corrected chi connectivity index (χ4v) is 5.32. The molecule has 1 aliphatic rings. The van der Waals surface area contributed by atoms with Crippen LogP contribution in [-0.2, 0) is 14.8 Å². The zero-order chi connectivity index (χ0) is 23.9. The lowest BCUT2D eigenvalue weighted by Crippen LogP contribution is -2.41. The monoisotopic (exact) mass is 517 g/mol. The van der Waals surface area contributed by atoms with E-state index in [-0.39, 0.29) is 29.7 Å². The number of hydrogen-bond donors (Lipinski definition) is 1. The summed E-state index contributed by atoms with van der Waals surface area (Å²) in [7, 11) is -3.50. The average molecular weight is 518 g/mol. The van der Waals surface area contributed by atoms with Crippen molar-refractivity contribution in [1.82, 2.24) is 14.6 Å². The predicted octanol–water partition coefficient (Wildman–Crippen LogP) is 4.08. The van der Waals surface area contributed by atoms with Gasteiger partial charge in [0.1, 0.15) is 13.1 Å². The number of hydrogen-bond acceptors (Lipinski definition) is 6. The molecule has 2 aromatic carbocycles. The molecule has 1 amide bonds. The van der Waals surface area contributed by atoms with E-state index in [9.17, 15) is 13.2 Å². The van der Waals surface area contributed by atoms with Gasteiger partial charge in [0.05, 0.1) is 44.9 Å². The van der Waals surface area contributed by atoms with Crippen LogP contribution in [0.25, 0.3) is 16.8 Å². The van der Waals surface area contributed by atoms with E-state index in [0.29, 0.717) is 27.7 Å². The number of benzene rings is 2. The number of anilines is 2. The highest BCUT2D eigenvalue weighted by Crippen LogP contribution is 2.33. The quantitative estimate of drug-likeness (QED) is 0.437. The highest BCUT2D eigenvalue weighted by atomic mass is 35.5. The highest BCUT2D eigenvalue weighted by Gasteiger charge is 2.27. The molecule has 0 saturated carbocycles. The Kier molecular flexibility index (Phi) is 5.90. The molecule has 0 spiro atoms. The molecule has 9 nitrogen and oxygen atoms in total. The van der Waals surface area contributed by atoms with E-state index in [0.717, 1.165) is 9.82 Å². The maximum Gasteiger partial charge on any atom is 0.257 e. The van der Waals surface area contributed by atoms with Crippen molar-refractivity contribution in [3.8, 4) is 11.3 Å². The van der Waals surface area contributed by atoms with Crippen molar-refractivity contribution >= 4 is 56.0 Å². The summed E-state index contributed by atoms with van der Waals surface area (Å²) in [4.78, 5) is 17.3. The van der Waals surface area contributed by atoms with Gasteiger partial charge in [0.2, 0.25) is 10.0 Å². The third kappa shape index (κ3) is 4.21. The van der Waals surface area contributed by atoms with Crippen molar-refractivity contribution in [2.45, 2.75) is 0 Å². The van der Waals surface area contributed by atoms with Crippen molar-refractivity contribution in [2.24, 2.45) is 0 Å². The number of nitrogens with one attached hydrogen (secondary N) is 1. The fourth-order valence-electron chi connectivity index (χ4n) is 3.64. The summed E-state index contributed by atoms with van der Waals surface area (Å²) < 4.78 is 32.6. The molecule has 12 heteroatoms. The van der Waals surface area contributed by atoms with E-state index in [1.165, 1.54) is 24.5 Å². The minimum Gasteiger partial charge on any atom is -0.359 e. The number of aromatic nitrogens is 3. The van der Waals surface area contributed by atoms with E-state index < -0.39 is 15.9 Å². The molecule has 1 fully saturated rings. The molecule has 0 unspecified atom stereocenters. The third-order valence-corrected chi connectivity index (χ3v) is 7.64. The molecular formula is C22H17Cl2N5O4S. The van der Waals surface area contributed by atoms with Gasteiger partial charge in [-0.2, -0.15) is 5.10 Å². The lowest BCUT2D eigenvalue weighted by molar-refractivity contribution is 0.102. The van der Waals surface area contributed by atoms with E-state index in [1.54, 1.807) is 28.9 Å². The first-order valence-electron chi connectivity index (χ1n) is 10.1. The Balaban J connectivity index is 1.42. The molecule has 4 aromatic rings. The second-order valence-electron chi connectivity index (χ2n) is 7.46. The summed E-state index contributed by atoms with van der Waals surface area (Å²) in [6, 6.07) is 13.2. The molecular weight excluding hydrogens is 501 g/mol. The Bertz CT molecular complexity index is 1520. The van der Waals surface area contributed by atoms with Crippen LogP contribution in [0, 0.1) is 0 Å². The van der Waals surface area contributed by atoms with Crippen molar-refractivity contribution in [2.75, 3.05) is 28.7 Å². The number of halogens is 2. The number of fused-ring (bicyclic) bond motifs is 1. The fraction of sp³-hybridized carbons (Fsp3) is 0.136. The SMILES string of the molecule is O=C(Nc1ccc(Cl)c(-c2ncnn3cccc23)c1)c1ccc(N2COCCS2(=O)=O)cc1Cl. The molecule has 1 saturated heterocycles. The second-order valence-corrected chi connectivity index (χ2v) is 10.3. The van der Waals surface area contributed by atoms with Gasteiger partial charge < -0.3 is 10.1 Å². The summed E-state index contributed by atoms with van der Waals surface area (Å²) in [5.74, 6) is -0.578. The summed E-state index contributed by atoms with van der Waals surface area (Å²) in [5.41, 5.74) is 3.02. The topological polar surface area (TPSA) is 106 Å². The van der Waals surface area contributed by atoms with Crippen LogP contribution >= 0.6 is 23.2 Å². The average Bonchev–Trinajstić information content (AvgIpc) is 3.29. The van der Waals surface area contributed by atoms with E-state index in [2.05, 4.69) is 15.4 Å². The Labute approximate surface area is 204 Å². The minimum absolute atomic E-state index is 0.101. The standard InChI is InChI=1S/C22H17Cl2N5O4S/c23-18-6-3-14(10-17(18)21-20-2-1-7-28(20)26-12-25-21)27-22(30)16-5-4-15(11-19(16)24)29-13-33-8-9-34(29,31)32/h1-7,10-12H,8-9,13H2,(H,27,30). The predicted molar refractivity (Wildman–Crippen MR) is 130 cm³/mol. The molecule has 0 bridgehead atoms. The van der Waals surface area contributed by atoms with Crippen LogP contribution in [0.2, 0.25) is 10.0 Å². The van der Waals surface area contributed by atoms with Crippen molar-refractivity contribution in [3.05, 3.63) is 76.7 Å². The Morgan fingerprint density at radius 3 is 2.74 bits per heavy atom. The van der Waals surface area contributed by atoms with Gasteiger partial charge in [-0.15, -0.1) is 0 Å². The smallest absolute Gasteiger partial charge is 0.257 e. The zero-order valence-corrected chi connectivity index (χ0v) is 19.8. The van der Waals surface area contributed by atoms with Gasteiger partial charge in [-0.05, 0) is 48.5 Å². The van der Waals surface area contributed by atoms with Gasteiger partial charge in [0.15, 0.2) is 0 Å². The maximum absolute atomic E-state index is 12.9. The maximum atomic E-state index is 12.9. The molecule has 2 aromatic heterocycles. The summed E-state index contributed by atoms with van der Waals surface area (Å²) in [6.45, 7) is 0.0386. The molecule has 1 N–H and O–H groups in total. The summed E-state index contributed by atoms with van der Waals surface area (Å²) >= 11 is 12.8. The van der Waals surface area contributed by atoms with Crippen LogP contribution in [0.15, 0.2) is 61.1 Å². The van der Waals surface area contributed by atoms with Crippen LogP contribution in [0.4, 0.5) is 11.4 Å². The molecule has 3 heterocycles. The molecule has 34 heavy (non-hydrogen) atoms. The van der Waals surface area contributed by atoms with Crippen molar-refractivity contribution < 1.29 is 17.9 Å². The van der Waals surface area contributed by atoms with Gasteiger partial charge in [0.25, 0.3) is 5.91 Å². The second kappa shape index (κ2) is 8.88. The van der Waals surface area contributed by atoms with Gasteiger partial charge in [-0.25, -0.2) is 22.2 Å². The molecule has 174 valence electrons. The number of rotatable bonds is 4. The molecule has 0 aliphatic carbocycles. The normalized spacial score (nSPS) is 15.4. The van der Waals surface area contributed by atoms with E-state index in [4.69, 9.17) is 27.9 Å². The summed E-state index contributed by atoms with van der Waals surface area (Å²) in [5, 5.41) is 7.53. The van der Waals surface area contributed by atoms with Crippen molar-refractivity contribution in [1.29, 1.82) is 0 Å². The van der Waals surface area contributed by atoms with Crippen LogP contribution in [0.1, 0.15) is 10.4 Å². The van der Waals surface area contributed by atoms with Gasteiger partial charge in [0, 0.05) is 17.4 Å². The zero-order valence-electron chi connectivity index (χ0n) is 17.5. The number of nitrogens with zero attached hydrogens (tertiary/aromatic N) is 4. The van der Waals surface area contributed by atoms with Gasteiger partial charge in [-0.1, -0.05) is 23.2 Å². The summed E-state index contributed by atoms with van der Waals surface area (Å²) in [6.07, 6.45) is 3.23. The lowest BCUT2D eigenvalue weighted by atomic mass is 10.1. The molecule has 0 radical (unpaired) electrons. The van der Waals surface area contributed by atoms with Gasteiger partial charge >= 0.3 is 0 Å². The van der Waals surface area contributed by atoms with E-state index >= 15 is 0 Å². The lowest BCUT2D eigenvalue weighted by Gasteiger charge is -2.28. The number of sulfonamides is 1. The minimum atomic E-state index is -3.50. The molecule has 5 rings (SSSR count). The Morgan fingerprint density at radius 1 is 1.09 bits per heavy atom. The third-order valence-electron chi connectivity index (χ3n) is 5.33. The number of carbonyl (C=O) groups is 1. The first-order valence-corrected chi connectivity index (χ1v) is 12.5. The largest absolute Gasteiger partial charge is 0.359 e. The van der Waals surface area contributed by atoms with Crippen LogP contribution in [0.3, 0.4) is 0 Å². The van der Waals surface area contributed by atoms with Crippen LogP contribution in [-0.4, -0.2) is 48.0 Å². The highest BCUT2D eigenvalue weighted by molar-refractivity contribution is 7.92.